The highest BCUT2D eigenvalue weighted by Crippen LogP contribution is 2.21. The maximum atomic E-state index is 12.3. The summed E-state index contributed by atoms with van der Waals surface area (Å²) < 4.78 is 0. The van der Waals surface area contributed by atoms with Crippen molar-refractivity contribution >= 4 is 29.1 Å². The molecule has 1 heterocycles. The Morgan fingerprint density at radius 3 is 2.54 bits per heavy atom. The van der Waals surface area contributed by atoms with Crippen LogP contribution in [0.2, 0.25) is 5.02 Å². The molecule has 5 nitrogen and oxygen atoms in total. The van der Waals surface area contributed by atoms with Crippen LogP contribution in [0, 0.1) is 6.92 Å². The van der Waals surface area contributed by atoms with Crippen molar-refractivity contribution in [3.05, 3.63) is 46.7 Å². The van der Waals surface area contributed by atoms with E-state index in [9.17, 15) is 4.79 Å². The van der Waals surface area contributed by atoms with Crippen LogP contribution < -0.4 is 10.6 Å². The quantitative estimate of drug-likeness (QED) is 0.860. The first kappa shape index (κ1) is 16.7. The van der Waals surface area contributed by atoms with Crippen molar-refractivity contribution < 1.29 is 4.79 Å². The van der Waals surface area contributed by atoms with Crippen molar-refractivity contribution in [1.29, 1.82) is 0 Å². The molecule has 1 amide bonds. The fraction of sp³-hybridized carbons (Fsp3) is 0.389. The molecular formula is C18H21ClN4O. The SMILES string of the molecule is Cc1cc(Cl)ccc1NC(=O)c1cnc(NC2CCCCC2)nc1. The summed E-state index contributed by atoms with van der Waals surface area (Å²) in [4.78, 5) is 20.8. The number of hydrogen-bond donors (Lipinski definition) is 2. The lowest BCUT2D eigenvalue weighted by Crippen LogP contribution is -2.23. The Morgan fingerprint density at radius 1 is 1.17 bits per heavy atom. The third-order valence-corrected chi connectivity index (χ3v) is 4.52. The largest absolute Gasteiger partial charge is 0.351 e. The molecular weight excluding hydrogens is 324 g/mol. The van der Waals surface area contributed by atoms with Gasteiger partial charge in [-0.1, -0.05) is 30.9 Å². The molecule has 2 N–H and O–H groups in total. The van der Waals surface area contributed by atoms with Crippen LogP contribution in [0.5, 0.6) is 0 Å². The van der Waals surface area contributed by atoms with Crippen molar-refractivity contribution in [3.8, 4) is 0 Å². The first-order valence-electron chi connectivity index (χ1n) is 8.28. The molecule has 24 heavy (non-hydrogen) atoms. The Hall–Kier alpha value is -2.14. The molecule has 1 fully saturated rings. The highest BCUT2D eigenvalue weighted by Gasteiger charge is 2.15. The summed E-state index contributed by atoms with van der Waals surface area (Å²) in [6.07, 6.45) is 9.22. The lowest BCUT2D eigenvalue weighted by molar-refractivity contribution is 0.102. The van der Waals surface area contributed by atoms with Gasteiger partial charge in [0.2, 0.25) is 5.95 Å². The lowest BCUT2D eigenvalue weighted by atomic mass is 9.96. The van der Waals surface area contributed by atoms with Crippen molar-refractivity contribution in [3.63, 3.8) is 0 Å². The molecule has 1 aliphatic rings. The fourth-order valence-corrected chi connectivity index (χ4v) is 3.14. The van der Waals surface area contributed by atoms with E-state index in [0.29, 0.717) is 22.6 Å². The number of aromatic nitrogens is 2. The predicted molar refractivity (Wildman–Crippen MR) is 96.7 cm³/mol. The maximum Gasteiger partial charge on any atom is 0.258 e. The van der Waals surface area contributed by atoms with Crippen LogP contribution in [0.15, 0.2) is 30.6 Å². The number of amides is 1. The molecule has 0 saturated heterocycles. The first-order chi connectivity index (χ1) is 11.6. The van der Waals surface area contributed by atoms with Gasteiger partial charge in [-0.3, -0.25) is 4.79 Å². The van der Waals surface area contributed by atoms with Gasteiger partial charge >= 0.3 is 0 Å². The molecule has 0 unspecified atom stereocenters. The van der Waals surface area contributed by atoms with Crippen LogP contribution in [0.4, 0.5) is 11.6 Å². The van der Waals surface area contributed by atoms with Gasteiger partial charge in [0.15, 0.2) is 0 Å². The van der Waals surface area contributed by atoms with Gasteiger partial charge < -0.3 is 10.6 Å². The molecule has 126 valence electrons. The second-order valence-corrected chi connectivity index (χ2v) is 6.62. The molecule has 1 aromatic carbocycles. The molecule has 1 saturated carbocycles. The average Bonchev–Trinajstić information content (AvgIpc) is 2.59. The number of nitrogens with one attached hydrogen (secondary N) is 2. The molecule has 1 aromatic heterocycles. The number of anilines is 2. The van der Waals surface area contributed by atoms with Crippen LogP contribution in [0.3, 0.4) is 0 Å². The van der Waals surface area contributed by atoms with E-state index >= 15 is 0 Å². The zero-order valence-corrected chi connectivity index (χ0v) is 14.4. The molecule has 0 atom stereocenters. The normalized spacial score (nSPS) is 15.1. The Balaban J connectivity index is 1.62. The van der Waals surface area contributed by atoms with E-state index in [0.717, 1.165) is 24.1 Å². The Labute approximate surface area is 146 Å². The van der Waals surface area contributed by atoms with Crippen LogP contribution in [-0.4, -0.2) is 21.9 Å². The van der Waals surface area contributed by atoms with Crippen LogP contribution in [0.1, 0.15) is 48.0 Å². The first-order valence-corrected chi connectivity index (χ1v) is 8.66. The number of benzene rings is 1. The standard InChI is InChI=1S/C18H21ClN4O/c1-12-9-14(19)7-8-16(12)23-17(24)13-10-20-18(21-11-13)22-15-5-3-2-4-6-15/h7-11,15H,2-6H2,1H3,(H,23,24)(H,20,21,22). The van der Waals surface area contributed by atoms with Crippen LogP contribution in [0.25, 0.3) is 0 Å². The summed E-state index contributed by atoms with van der Waals surface area (Å²) in [6.45, 7) is 1.90. The van der Waals surface area contributed by atoms with Gasteiger partial charge in [0, 0.05) is 29.1 Å². The smallest absolute Gasteiger partial charge is 0.258 e. The van der Waals surface area contributed by atoms with E-state index in [4.69, 9.17) is 11.6 Å². The van der Waals surface area contributed by atoms with E-state index in [-0.39, 0.29) is 5.91 Å². The van der Waals surface area contributed by atoms with Crippen molar-refractivity contribution in [2.45, 2.75) is 45.1 Å². The molecule has 0 spiro atoms. The fourth-order valence-electron chi connectivity index (χ4n) is 2.91. The van der Waals surface area contributed by atoms with Crippen molar-refractivity contribution in [2.75, 3.05) is 10.6 Å². The highest BCUT2D eigenvalue weighted by atomic mass is 35.5. The Kier molecular flexibility index (Phi) is 5.30. The zero-order chi connectivity index (χ0) is 16.9. The number of rotatable bonds is 4. The van der Waals surface area contributed by atoms with E-state index < -0.39 is 0 Å². The minimum atomic E-state index is -0.232. The minimum Gasteiger partial charge on any atom is -0.351 e. The topological polar surface area (TPSA) is 66.9 Å². The van der Waals surface area contributed by atoms with Crippen LogP contribution in [-0.2, 0) is 0 Å². The van der Waals surface area contributed by atoms with Gasteiger partial charge in [0.1, 0.15) is 0 Å². The van der Waals surface area contributed by atoms with Gasteiger partial charge in [-0.05, 0) is 43.5 Å². The highest BCUT2D eigenvalue weighted by molar-refractivity contribution is 6.30. The third kappa shape index (κ3) is 4.23. The molecule has 6 heteroatoms. The summed E-state index contributed by atoms with van der Waals surface area (Å²) in [5.74, 6) is 0.353. The maximum absolute atomic E-state index is 12.3. The van der Waals surface area contributed by atoms with Crippen LogP contribution >= 0.6 is 11.6 Å². The number of carbonyl (C=O) groups excluding carboxylic acids is 1. The van der Waals surface area contributed by atoms with Gasteiger partial charge in [-0.15, -0.1) is 0 Å². The van der Waals surface area contributed by atoms with E-state index in [1.165, 1.54) is 19.3 Å². The van der Waals surface area contributed by atoms with Gasteiger partial charge in [0.25, 0.3) is 5.91 Å². The monoisotopic (exact) mass is 344 g/mol. The molecule has 3 rings (SSSR count). The summed E-state index contributed by atoms with van der Waals surface area (Å²) in [7, 11) is 0. The summed E-state index contributed by atoms with van der Waals surface area (Å²) in [5, 5.41) is 6.85. The zero-order valence-electron chi connectivity index (χ0n) is 13.7. The lowest BCUT2D eigenvalue weighted by Gasteiger charge is -2.22. The van der Waals surface area contributed by atoms with E-state index in [2.05, 4.69) is 20.6 Å². The van der Waals surface area contributed by atoms with Gasteiger partial charge in [-0.25, -0.2) is 9.97 Å². The summed E-state index contributed by atoms with van der Waals surface area (Å²) >= 11 is 5.93. The Morgan fingerprint density at radius 2 is 1.88 bits per heavy atom. The molecule has 0 radical (unpaired) electrons. The van der Waals surface area contributed by atoms with Crippen molar-refractivity contribution in [1.82, 2.24) is 9.97 Å². The van der Waals surface area contributed by atoms with E-state index in [1.54, 1.807) is 24.5 Å². The molecule has 0 aliphatic heterocycles. The number of hydrogen-bond acceptors (Lipinski definition) is 4. The molecule has 0 bridgehead atoms. The van der Waals surface area contributed by atoms with Gasteiger partial charge in [0.05, 0.1) is 5.56 Å². The minimum absolute atomic E-state index is 0.232. The molecule has 1 aliphatic carbocycles. The Bertz CT molecular complexity index is 711. The predicted octanol–water partition coefficient (Wildman–Crippen LogP) is 4.44. The second-order valence-electron chi connectivity index (χ2n) is 6.19. The number of carbonyl (C=O) groups is 1. The number of aryl methyl sites for hydroxylation is 1. The third-order valence-electron chi connectivity index (χ3n) is 4.29. The van der Waals surface area contributed by atoms with Crippen molar-refractivity contribution in [2.24, 2.45) is 0 Å². The second kappa shape index (κ2) is 7.62. The number of nitrogens with zero attached hydrogens (tertiary/aromatic N) is 2. The summed E-state index contributed by atoms with van der Waals surface area (Å²) in [6, 6.07) is 5.79. The molecule has 2 aromatic rings. The average molecular weight is 345 g/mol. The van der Waals surface area contributed by atoms with E-state index in [1.807, 2.05) is 13.0 Å². The summed E-state index contributed by atoms with van der Waals surface area (Å²) in [5.41, 5.74) is 2.07. The number of halogens is 1. The van der Waals surface area contributed by atoms with Gasteiger partial charge in [-0.2, -0.15) is 0 Å².